The molecule has 0 bridgehead atoms. The summed E-state index contributed by atoms with van der Waals surface area (Å²) in [7, 11) is 1.55. The van der Waals surface area contributed by atoms with Gasteiger partial charge in [0, 0.05) is 11.8 Å². The maximum Gasteiger partial charge on any atom is 0.433 e. The van der Waals surface area contributed by atoms with Crippen molar-refractivity contribution in [2.45, 2.75) is 12.3 Å². The van der Waals surface area contributed by atoms with Crippen LogP contribution in [0.15, 0.2) is 42.5 Å². The molecule has 1 aliphatic rings. The zero-order valence-electron chi connectivity index (χ0n) is 13.8. The van der Waals surface area contributed by atoms with Crippen LogP contribution in [-0.4, -0.2) is 42.2 Å². The lowest BCUT2D eigenvalue weighted by Crippen LogP contribution is -2.57. The molecule has 1 aliphatic heterocycles. The lowest BCUT2D eigenvalue weighted by molar-refractivity contribution is -0.141. The summed E-state index contributed by atoms with van der Waals surface area (Å²) >= 11 is 0. The minimum Gasteiger partial charge on any atom is -0.497 e. The number of hydrogen-bond donors (Lipinski definition) is 1. The van der Waals surface area contributed by atoms with Gasteiger partial charge in [0.05, 0.1) is 20.2 Å². The lowest BCUT2D eigenvalue weighted by Gasteiger charge is -2.38. The number of alkyl halides is 3. The lowest BCUT2D eigenvalue weighted by atomic mass is 10.2. The molecule has 0 atom stereocenters. The predicted octanol–water partition coefficient (Wildman–Crippen LogP) is 3.40. The average Bonchev–Trinajstić information content (AvgIpc) is 2.58. The Morgan fingerprint density at radius 3 is 2.50 bits per heavy atom. The number of carbonyl (C=O) groups is 1. The first kappa shape index (κ1) is 17.8. The van der Waals surface area contributed by atoms with Crippen molar-refractivity contribution in [1.29, 1.82) is 0 Å². The molecule has 0 unspecified atom stereocenters. The highest BCUT2D eigenvalue weighted by atomic mass is 19.4. The molecule has 0 radical (unpaired) electrons. The summed E-state index contributed by atoms with van der Waals surface area (Å²) in [6, 6.07) is 10.0. The number of hydrogen-bond acceptors (Lipinski definition) is 4. The fraction of sp³-hybridized carbons (Fsp3) is 0.294. The zero-order chi connectivity index (χ0) is 18.7. The van der Waals surface area contributed by atoms with E-state index in [0.717, 1.165) is 6.07 Å². The van der Waals surface area contributed by atoms with E-state index < -0.39 is 18.0 Å². The van der Waals surface area contributed by atoms with Crippen LogP contribution in [0.1, 0.15) is 5.69 Å². The molecular weight excluding hydrogens is 351 g/mol. The summed E-state index contributed by atoms with van der Waals surface area (Å²) < 4.78 is 48.3. The molecule has 1 aromatic carbocycles. The quantitative estimate of drug-likeness (QED) is 0.900. The van der Waals surface area contributed by atoms with Gasteiger partial charge in [-0.05, 0) is 30.3 Å². The number of amides is 2. The second-order valence-corrected chi connectivity index (χ2v) is 5.66. The molecule has 0 aliphatic carbocycles. The molecule has 1 aromatic heterocycles. The van der Waals surface area contributed by atoms with Crippen LogP contribution in [0.3, 0.4) is 0 Å². The van der Waals surface area contributed by atoms with Gasteiger partial charge in [-0.1, -0.05) is 6.07 Å². The first-order chi connectivity index (χ1) is 12.3. The number of halogens is 3. The van der Waals surface area contributed by atoms with Gasteiger partial charge >= 0.3 is 12.2 Å². The molecule has 2 amide bonds. The van der Waals surface area contributed by atoms with Crippen LogP contribution in [0.25, 0.3) is 0 Å². The van der Waals surface area contributed by atoms with E-state index in [1.54, 1.807) is 31.4 Å². The van der Waals surface area contributed by atoms with E-state index in [1.807, 2.05) is 0 Å². The number of nitrogens with one attached hydrogen (secondary N) is 1. The van der Waals surface area contributed by atoms with Crippen LogP contribution in [0.2, 0.25) is 0 Å². The van der Waals surface area contributed by atoms with E-state index >= 15 is 0 Å². The van der Waals surface area contributed by atoms with Gasteiger partial charge in [0.1, 0.15) is 17.5 Å². The van der Waals surface area contributed by atoms with Crippen molar-refractivity contribution in [3.8, 4) is 11.6 Å². The van der Waals surface area contributed by atoms with Crippen LogP contribution in [0.5, 0.6) is 11.6 Å². The van der Waals surface area contributed by atoms with Crippen LogP contribution < -0.4 is 14.8 Å². The molecule has 2 heterocycles. The molecule has 1 N–H and O–H groups in total. The molecule has 6 nitrogen and oxygen atoms in total. The zero-order valence-corrected chi connectivity index (χ0v) is 13.8. The second kappa shape index (κ2) is 7.11. The highest BCUT2D eigenvalue weighted by Crippen LogP contribution is 2.29. The van der Waals surface area contributed by atoms with Crippen LogP contribution in [0, 0.1) is 0 Å². The maximum atomic E-state index is 12.6. The molecule has 3 rings (SSSR count). The van der Waals surface area contributed by atoms with Crippen molar-refractivity contribution >= 4 is 11.7 Å². The van der Waals surface area contributed by atoms with Gasteiger partial charge in [-0.25, -0.2) is 9.78 Å². The Hall–Kier alpha value is -2.97. The van der Waals surface area contributed by atoms with E-state index in [4.69, 9.17) is 9.47 Å². The maximum absolute atomic E-state index is 12.6. The summed E-state index contributed by atoms with van der Waals surface area (Å²) in [5.74, 6) is 0.564. The Labute approximate surface area is 147 Å². The summed E-state index contributed by atoms with van der Waals surface area (Å²) in [4.78, 5) is 17.0. The van der Waals surface area contributed by atoms with E-state index in [9.17, 15) is 18.0 Å². The van der Waals surface area contributed by atoms with Crippen molar-refractivity contribution in [2.75, 3.05) is 25.5 Å². The van der Waals surface area contributed by atoms with E-state index in [-0.39, 0.29) is 25.0 Å². The van der Waals surface area contributed by atoms with Gasteiger partial charge in [-0.3, -0.25) is 0 Å². The van der Waals surface area contributed by atoms with Gasteiger partial charge in [0.15, 0.2) is 0 Å². The fourth-order valence-corrected chi connectivity index (χ4v) is 2.36. The van der Waals surface area contributed by atoms with Crippen molar-refractivity contribution < 1.29 is 27.4 Å². The van der Waals surface area contributed by atoms with Gasteiger partial charge in [0.25, 0.3) is 0 Å². The van der Waals surface area contributed by atoms with Gasteiger partial charge in [-0.15, -0.1) is 0 Å². The number of pyridine rings is 1. The number of anilines is 1. The highest BCUT2D eigenvalue weighted by Gasteiger charge is 2.35. The van der Waals surface area contributed by atoms with Crippen molar-refractivity contribution in [3.05, 3.63) is 48.2 Å². The number of aromatic nitrogens is 1. The Morgan fingerprint density at radius 1 is 1.19 bits per heavy atom. The standard InChI is InChI=1S/C17H16F3N3O3/c1-25-12-7-5-11(6-8-12)21-16(24)23-9-13(10-23)26-15-4-2-3-14(22-15)17(18,19)20/h2-8,13H,9-10H2,1H3,(H,21,24). The number of ether oxygens (including phenoxy) is 2. The molecule has 0 saturated carbocycles. The number of urea groups is 1. The molecule has 138 valence electrons. The number of rotatable bonds is 4. The molecule has 1 saturated heterocycles. The number of nitrogens with zero attached hydrogens (tertiary/aromatic N) is 2. The third-order valence-electron chi connectivity index (χ3n) is 3.78. The second-order valence-electron chi connectivity index (χ2n) is 5.66. The third-order valence-corrected chi connectivity index (χ3v) is 3.78. The van der Waals surface area contributed by atoms with E-state index in [2.05, 4.69) is 10.3 Å². The van der Waals surface area contributed by atoms with E-state index in [1.165, 1.54) is 17.0 Å². The molecule has 2 aromatic rings. The summed E-state index contributed by atoms with van der Waals surface area (Å²) in [5.41, 5.74) is -0.400. The number of carbonyl (C=O) groups excluding carboxylic acids is 1. The number of benzene rings is 1. The molecule has 9 heteroatoms. The Bertz CT molecular complexity index is 775. The summed E-state index contributed by atoms with van der Waals surface area (Å²) in [5, 5.41) is 2.72. The smallest absolute Gasteiger partial charge is 0.433 e. The summed E-state index contributed by atoms with van der Waals surface area (Å²) in [6.45, 7) is 0.528. The summed E-state index contributed by atoms with van der Waals surface area (Å²) in [6.07, 6.45) is -4.92. The molecular formula is C17H16F3N3O3. The van der Waals surface area contributed by atoms with Crippen molar-refractivity contribution in [2.24, 2.45) is 0 Å². The normalized spacial score (nSPS) is 14.5. The van der Waals surface area contributed by atoms with E-state index in [0.29, 0.717) is 11.4 Å². The third kappa shape index (κ3) is 4.16. The van der Waals surface area contributed by atoms with Gasteiger partial charge in [-0.2, -0.15) is 13.2 Å². The van der Waals surface area contributed by atoms with Gasteiger partial charge < -0.3 is 19.7 Å². The van der Waals surface area contributed by atoms with Crippen LogP contribution >= 0.6 is 0 Å². The molecule has 26 heavy (non-hydrogen) atoms. The minimum absolute atomic E-state index is 0.111. The Morgan fingerprint density at radius 2 is 1.88 bits per heavy atom. The number of likely N-dealkylation sites (tertiary alicyclic amines) is 1. The van der Waals surface area contributed by atoms with Gasteiger partial charge in [0.2, 0.25) is 5.88 Å². The Kier molecular flexibility index (Phi) is 4.88. The first-order valence-corrected chi connectivity index (χ1v) is 7.76. The topological polar surface area (TPSA) is 63.7 Å². The van der Waals surface area contributed by atoms with Crippen LogP contribution in [0.4, 0.5) is 23.7 Å². The number of methoxy groups -OCH3 is 1. The SMILES string of the molecule is COc1ccc(NC(=O)N2CC(Oc3cccc(C(F)(F)F)n3)C2)cc1. The van der Waals surface area contributed by atoms with Crippen LogP contribution in [-0.2, 0) is 6.18 Å². The Balaban J connectivity index is 1.50. The monoisotopic (exact) mass is 367 g/mol. The van der Waals surface area contributed by atoms with Crippen molar-refractivity contribution in [3.63, 3.8) is 0 Å². The average molecular weight is 367 g/mol. The predicted molar refractivity (Wildman–Crippen MR) is 87.2 cm³/mol. The van der Waals surface area contributed by atoms with Crippen molar-refractivity contribution in [1.82, 2.24) is 9.88 Å². The largest absolute Gasteiger partial charge is 0.497 e. The first-order valence-electron chi connectivity index (χ1n) is 7.76. The fourth-order valence-electron chi connectivity index (χ4n) is 2.36. The molecule has 0 spiro atoms. The molecule has 1 fully saturated rings. The highest BCUT2D eigenvalue weighted by molar-refractivity contribution is 5.90. The minimum atomic E-state index is -4.52.